The van der Waals surface area contributed by atoms with Crippen LogP contribution in [0, 0.1) is 0 Å². The summed E-state index contributed by atoms with van der Waals surface area (Å²) in [5.74, 6) is 1.23. The topological polar surface area (TPSA) is 184 Å². The highest BCUT2D eigenvalue weighted by atomic mass is 79.9. The number of carboxylic acids is 1. The number of methoxy groups -OCH3 is 3. The summed E-state index contributed by atoms with van der Waals surface area (Å²) >= 11 is 3.21. The van der Waals surface area contributed by atoms with Crippen molar-refractivity contribution < 1.29 is 71.6 Å². The van der Waals surface area contributed by atoms with Gasteiger partial charge in [-0.1, -0.05) is 34.1 Å². The molecule has 7 rings (SSSR count). The van der Waals surface area contributed by atoms with Gasteiger partial charge in [-0.15, -0.1) is 0 Å². The van der Waals surface area contributed by atoms with Crippen LogP contribution in [0.25, 0.3) is 18.2 Å². The standard InChI is InChI=1S/C19H25BO6.C13H13BrO4.C10H9BO5/c1-17(2)18(3,4)26-20(25-17)11-10-12-8-9-13(22-7)14-15(12)23-19(5,6)24-16(14)21;1-13(2)17-11-8(6-7-14)4-5-9(16-3)10(11)12(15)18-13;1-15-7-3-2-6-4-5-11(14)16-9(6)8(7)10(12)13/h8-11H,1-7H3;4-7H,1-3H3;2-5,14H,1H3,(H,12,13)/b11-10-;7-6-;. The second kappa shape index (κ2) is 17.7. The first-order valence-corrected chi connectivity index (χ1v) is 19.5. The molecule has 0 bridgehead atoms. The Hall–Kier alpha value is -5.42. The number of carbonyl (C=O) groups excluding carboxylic acids is 2. The van der Waals surface area contributed by atoms with Crippen LogP contribution in [0.1, 0.15) is 103 Å². The summed E-state index contributed by atoms with van der Waals surface area (Å²) in [7, 11) is 2.77. The summed E-state index contributed by atoms with van der Waals surface area (Å²) in [6, 6.07) is 10.3. The van der Waals surface area contributed by atoms with Crippen LogP contribution in [0.3, 0.4) is 0 Å². The second-order valence-electron chi connectivity index (χ2n) is 15.4. The summed E-state index contributed by atoms with van der Waals surface area (Å²) in [5.41, 5.74) is 1.80. The zero-order valence-corrected chi connectivity index (χ0v) is 36.7. The lowest BCUT2D eigenvalue weighted by Gasteiger charge is -2.33. The monoisotopic (exact) mass is 892 g/mol. The van der Waals surface area contributed by atoms with E-state index in [9.17, 15) is 19.4 Å². The number of hydrogen-bond donors (Lipinski definition) is 2. The van der Waals surface area contributed by atoms with Crippen molar-refractivity contribution in [3.63, 3.8) is 0 Å². The van der Waals surface area contributed by atoms with Gasteiger partial charge in [0.2, 0.25) is 11.6 Å². The molecule has 0 amide bonds. The van der Waals surface area contributed by atoms with Gasteiger partial charge in [-0.25, -0.2) is 14.4 Å². The van der Waals surface area contributed by atoms with Gasteiger partial charge in [0.15, 0.2) is 0 Å². The Balaban J connectivity index is 0.000000177. The van der Waals surface area contributed by atoms with Gasteiger partial charge >= 0.3 is 32.1 Å². The van der Waals surface area contributed by atoms with Crippen LogP contribution in [-0.2, 0) is 18.8 Å². The highest BCUT2D eigenvalue weighted by Crippen LogP contribution is 2.43. The average molecular weight is 893 g/mol. The van der Waals surface area contributed by atoms with E-state index in [0.717, 1.165) is 11.1 Å². The third-order valence-corrected chi connectivity index (χ3v) is 9.99. The predicted octanol–water partition coefficient (Wildman–Crippen LogP) is 7.79. The first-order valence-electron chi connectivity index (χ1n) is 18.6. The van der Waals surface area contributed by atoms with Crippen LogP contribution in [0.15, 0.2) is 53.3 Å². The van der Waals surface area contributed by atoms with Crippen molar-refractivity contribution in [3.8, 4) is 34.5 Å². The Labute approximate surface area is 357 Å². The van der Waals surface area contributed by atoms with Gasteiger partial charge in [0.05, 0.1) is 32.5 Å². The Morgan fingerprint density at radius 1 is 0.683 bits per heavy atom. The molecule has 18 heteroatoms. The maximum absolute atomic E-state index is 12.4. The molecule has 0 unspecified atom stereocenters. The van der Waals surface area contributed by atoms with E-state index >= 15 is 0 Å². The van der Waals surface area contributed by atoms with E-state index in [1.54, 1.807) is 69.1 Å². The Bertz CT molecular complexity index is 2230. The molecule has 318 valence electrons. The smallest absolute Gasteiger partial charge is 0.532 e. The van der Waals surface area contributed by atoms with Gasteiger partial charge in [0.25, 0.3) is 0 Å². The number of rotatable bonds is 7. The van der Waals surface area contributed by atoms with Crippen LogP contribution >= 0.6 is 15.9 Å². The second-order valence-corrected chi connectivity index (χ2v) is 15.9. The fraction of sp³-hybridized carbons (Fsp3) is 0.357. The van der Waals surface area contributed by atoms with Gasteiger partial charge in [-0.05, 0) is 81.1 Å². The van der Waals surface area contributed by atoms with E-state index in [1.807, 2.05) is 51.9 Å². The first kappa shape index (κ1) is 45.7. The lowest BCUT2D eigenvalue weighted by molar-refractivity contribution is -0.128. The molecule has 60 heavy (non-hydrogen) atoms. The van der Waals surface area contributed by atoms with Crippen LogP contribution in [0.4, 0.5) is 0 Å². The fourth-order valence-electron chi connectivity index (χ4n) is 6.23. The summed E-state index contributed by atoms with van der Waals surface area (Å²) < 4.78 is 54.5. The molecule has 0 saturated carbocycles. The maximum Gasteiger partial charge on any atom is 0.552 e. The fourth-order valence-corrected chi connectivity index (χ4v) is 6.51. The van der Waals surface area contributed by atoms with Crippen LogP contribution in [0.5, 0.6) is 34.5 Å². The minimum atomic E-state index is -1.16. The molecular weight excluding hydrogens is 846 g/mol. The third kappa shape index (κ3) is 9.78. The molecule has 3 aromatic carbocycles. The number of fused-ring (bicyclic) bond motifs is 3. The van der Waals surface area contributed by atoms with Crippen LogP contribution in [0.2, 0.25) is 0 Å². The summed E-state index contributed by atoms with van der Waals surface area (Å²) in [6.07, 6.45) is 5.23. The molecule has 0 radical (unpaired) electrons. The molecule has 3 aromatic rings. The van der Waals surface area contributed by atoms with Gasteiger partial charge < -0.3 is 57.3 Å². The predicted molar refractivity (Wildman–Crippen MR) is 227 cm³/mol. The molecule has 0 atom stereocenters. The number of ether oxygens (including phenoxy) is 7. The SMILES string of the molecule is COc1ccc(/C=C\B2OC(C)(C)C(C)(C)O2)c2c1C(=O)OC(C)(C)O2.COc1ccc(/C=C\Br)c2c1C(=O)OC(C)(C)O2.COc1ccc2c(c1C(=O)O)OB(O)C=C2. The number of cyclic esters (lactones) is 2. The van der Waals surface area contributed by atoms with E-state index in [-0.39, 0.29) is 22.6 Å². The molecule has 1 fully saturated rings. The van der Waals surface area contributed by atoms with Crippen LogP contribution < -0.4 is 28.3 Å². The maximum atomic E-state index is 12.4. The number of halogens is 1. The van der Waals surface area contributed by atoms with Gasteiger partial charge in [-0.3, -0.25) is 0 Å². The average Bonchev–Trinajstić information content (AvgIpc) is 3.37. The highest BCUT2D eigenvalue weighted by Gasteiger charge is 2.50. The molecule has 4 aliphatic heterocycles. The van der Waals surface area contributed by atoms with Crippen molar-refractivity contribution in [2.24, 2.45) is 0 Å². The number of carbonyl (C=O) groups is 3. The van der Waals surface area contributed by atoms with Gasteiger partial charge in [0, 0.05) is 44.4 Å². The molecule has 4 heterocycles. The molecule has 1 saturated heterocycles. The van der Waals surface area contributed by atoms with E-state index < -0.39 is 54.9 Å². The van der Waals surface area contributed by atoms with E-state index in [4.69, 9.17) is 52.2 Å². The zero-order chi connectivity index (χ0) is 44.4. The lowest BCUT2D eigenvalue weighted by atomic mass is 9.85. The summed E-state index contributed by atoms with van der Waals surface area (Å²) in [4.78, 5) is 37.2. The molecule has 0 spiro atoms. The molecule has 0 aliphatic carbocycles. The molecule has 15 nitrogen and oxygen atoms in total. The Morgan fingerprint density at radius 3 is 1.60 bits per heavy atom. The first-order chi connectivity index (χ1) is 28.1. The number of esters is 2. The van der Waals surface area contributed by atoms with Crippen LogP contribution in [-0.4, -0.2) is 86.4 Å². The van der Waals surface area contributed by atoms with Crippen molar-refractivity contribution in [2.75, 3.05) is 21.3 Å². The molecule has 2 N–H and O–H groups in total. The van der Waals surface area contributed by atoms with Gasteiger partial charge in [-0.2, -0.15) is 0 Å². The minimum Gasteiger partial charge on any atom is -0.532 e. The van der Waals surface area contributed by atoms with E-state index in [2.05, 4.69) is 15.9 Å². The number of hydrogen-bond acceptors (Lipinski definition) is 14. The van der Waals surface area contributed by atoms with Crippen molar-refractivity contribution in [3.05, 3.63) is 86.7 Å². The van der Waals surface area contributed by atoms with Gasteiger partial charge in [0.1, 0.15) is 51.2 Å². The highest BCUT2D eigenvalue weighted by molar-refractivity contribution is 9.11. The zero-order valence-electron chi connectivity index (χ0n) is 35.2. The number of aromatic carboxylic acids is 1. The molecule has 4 aliphatic rings. The Morgan fingerprint density at radius 2 is 1.15 bits per heavy atom. The number of benzene rings is 3. The lowest BCUT2D eigenvalue weighted by Crippen LogP contribution is -2.41. The normalized spacial score (nSPS) is 18.4. The summed E-state index contributed by atoms with van der Waals surface area (Å²) in [6.45, 7) is 14.7. The van der Waals surface area contributed by atoms with E-state index in [0.29, 0.717) is 34.1 Å². The number of carboxylic acid groups (broad SMARTS) is 1. The third-order valence-electron chi connectivity index (χ3n) is 9.73. The van der Waals surface area contributed by atoms with Crippen molar-refractivity contribution >= 4 is 66.3 Å². The van der Waals surface area contributed by atoms with Crippen molar-refractivity contribution in [2.45, 2.75) is 78.2 Å². The van der Waals surface area contributed by atoms with Crippen molar-refractivity contribution in [1.29, 1.82) is 0 Å². The Kier molecular flexibility index (Phi) is 13.4. The largest absolute Gasteiger partial charge is 0.552 e. The molecule has 0 aromatic heterocycles. The molecular formula is C42H47B2BrO15. The van der Waals surface area contributed by atoms with Crippen molar-refractivity contribution in [1.82, 2.24) is 0 Å². The van der Waals surface area contributed by atoms with E-state index in [1.165, 1.54) is 27.3 Å². The quantitative estimate of drug-likeness (QED) is 0.173. The minimum absolute atomic E-state index is 0.0802. The summed E-state index contributed by atoms with van der Waals surface area (Å²) in [5, 5.41) is 18.4.